The predicted octanol–water partition coefficient (Wildman–Crippen LogP) is 1.75. The summed E-state index contributed by atoms with van der Waals surface area (Å²) < 4.78 is 10.4. The van der Waals surface area contributed by atoms with Crippen LogP contribution in [0.1, 0.15) is 12.8 Å². The number of halogens is 1. The molecule has 2 rings (SSSR count). The van der Waals surface area contributed by atoms with Crippen LogP contribution in [0.2, 0.25) is 0 Å². The van der Waals surface area contributed by atoms with Gasteiger partial charge in [-0.3, -0.25) is 9.69 Å². The van der Waals surface area contributed by atoms with Crippen molar-refractivity contribution < 1.29 is 14.3 Å². The average molecular weight is 344 g/mol. The molecule has 0 bridgehead atoms. The van der Waals surface area contributed by atoms with Gasteiger partial charge >= 0.3 is 0 Å². The second-order valence-corrected chi connectivity index (χ2v) is 5.51. The minimum atomic E-state index is -0.0212. The molecule has 1 amide bonds. The van der Waals surface area contributed by atoms with E-state index in [0.717, 1.165) is 19.5 Å². The molecule has 2 N–H and O–H groups in total. The van der Waals surface area contributed by atoms with E-state index in [2.05, 4.69) is 15.5 Å². The molecule has 1 fully saturated rings. The number of piperidine rings is 1. The number of likely N-dealkylation sites (tertiary alicyclic amines) is 1. The molecule has 130 valence electrons. The van der Waals surface area contributed by atoms with E-state index >= 15 is 0 Å². The van der Waals surface area contributed by atoms with Crippen LogP contribution in [-0.4, -0.2) is 57.8 Å². The molecule has 1 aliphatic heterocycles. The van der Waals surface area contributed by atoms with E-state index in [4.69, 9.17) is 9.47 Å². The van der Waals surface area contributed by atoms with Crippen molar-refractivity contribution in [1.82, 2.24) is 10.2 Å². The molecular formula is C16H26ClN3O3. The molecule has 7 heteroatoms. The molecule has 1 aliphatic rings. The van der Waals surface area contributed by atoms with Crippen LogP contribution < -0.4 is 20.1 Å². The number of nitrogens with one attached hydrogen (secondary N) is 2. The first-order valence-corrected chi connectivity index (χ1v) is 7.57. The number of amides is 1. The Labute approximate surface area is 143 Å². The number of hydrogen-bond donors (Lipinski definition) is 2. The van der Waals surface area contributed by atoms with Crippen LogP contribution in [0.4, 0.5) is 5.69 Å². The van der Waals surface area contributed by atoms with E-state index in [9.17, 15) is 4.79 Å². The van der Waals surface area contributed by atoms with Gasteiger partial charge in [0.25, 0.3) is 0 Å². The largest absolute Gasteiger partial charge is 0.497 e. The number of rotatable bonds is 6. The van der Waals surface area contributed by atoms with Crippen molar-refractivity contribution in [3.8, 4) is 11.5 Å². The van der Waals surface area contributed by atoms with Crippen LogP contribution in [0.25, 0.3) is 0 Å². The van der Waals surface area contributed by atoms with E-state index < -0.39 is 0 Å². The standard InChI is InChI=1S/C16H25N3O3.ClH/c1-17-12-5-4-6-19(10-12)11-16(20)18-13-7-14(21-2)9-15(8-13)22-3;/h7-9,12,17H,4-6,10-11H2,1-3H3,(H,18,20);1H. The topological polar surface area (TPSA) is 62.8 Å². The van der Waals surface area contributed by atoms with Crippen molar-refractivity contribution in [2.45, 2.75) is 18.9 Å². The van der Waals surface area contributed by atoms with Gasteiger partial charge in [-0.1, -0.05) is 0 Å². The number of ether oxygens (including phenoxy) is 2. The maximum absolute atomic E-state index is 12.2. The normalized spacial score (nSPS) is 18.0. The molecule has 1 atom stereocenters. The Morgan fingerprint density at radius 1 is 1.26 bits per heavy atom. The first-order valence-electron chi connectivity index (χ1n) is 7.57. The number of nitrogens with zero attached hydrogens (tertiary/aromatic N) is 1. The maximum Gasteiger partial charge on any atom is 0.238 e. The third-order valence-electron chi connectivity index (χ3n) is 3.92. The van der Waals surface area contributed by atoms with Crippen molar-refractivity contribution in [3.05, 3.63) is 18.2 Å². The second-order valence-electron chi connectivity index (χ2n) is 5.51. The molecule has 1 aromatic carbocycles. The summed E-state index contributed by atoms with van der Waals surface area (Å²) in [6.45, 7) is 2.27. The summed E-state index contributed by atoms with van der Waals surface area (Å²) in [6.07, 6.45) is 2.29. The fourth-order valence-corrected chi connectivity index (χ4v) is 2.72. The summed E-state index contributed by atoms with van der Waals surface area (Å²) >= 11 is 0. The fourth-order valence-electron chi connectivity index (χ4n) is 2.72. The van der Waals surface area contributed by atoms with Crippen LogP contribution in [-0.2, 0) is 4.79 Å². The third kappa shape index (κ3) is 5.89. The van der Waals surface area contributed by atoms with Gasteiger partial charge in [0.2, 0.25) is 5.91 Å². The smallest absolute Gasteiger partial charge is 0.238 e. The summed E-state index contributed by atoms with van der Waals surface area (Å²) in [5.41, 5.74) is 0.684. The second kappa shape index (κ2) is 9.60. The van der Waals surface area contributed by atoms with Gasteiger partial charge in [-0.25, -0.2) is 0 Å². The third-order valence-corrected chi connectivity index (χ3v) is 3.92. The van der Waals surface area contributed by atoms with Gasteiger partial charge in [0, 0.05) is 36.5 Å². The van der Waals surface area contributed by atoms with E-state index in [1.165, 1.54) is 6.42 Å². The number of anilines is 1. The van der Waals surface area contributed by atoms with Crippen LogP contribution in [0.15, 0.2) is 18.2 Å². The molecule has 0 saturated carbocycles. The summed E-state index contributed by atoms with van der Waals surface area (Å²) in [4.78, 5) is 14.4. The lowest BCUT2D eigenvalue weighted by molar-refractivity contribution is -0.117. The molecular weight excluding hydrogens is 318 g/mol. The molecule has 1 unspecified atom stereocenters. The lowest BCUT2D eigenvalue weighted by atomic mass is 10.1. The van der Waals surface area contributed by atoms with E-state index in [1.807, 2.05) is 7.05 Å². The first-order chi connectivity index (χ1) is 10.6. The van der Waals surface area contributed by atoms with Crippen LogP contribution >= 0.6 is 12.4 Å². The zero-order valence-corrected chi connectivity index (χ0v) is 14.7. The highest BCUT2D eigenvalue weighted by atomic mass is 35.5. The Kier molecular flexibility index (Phi) is 8.16. The molecule has 0 aromatic heterocycles. The van der Waals surface area contributed by atoms with Crippen LogP contribution in [0.3, 0.4) is 0 Å². The highest BCUT2D eigenvalue weighted by Gasteiger charge is 2.20. The van der Waals surface area contributed by atoms with Gasteiger partial charge in [-0.2, -0.15) is 0 Å². The van der Waals surface area contributed by atoms with Crippen molar-refractivity contribution in [1.29, 1.82) is 0 Å². The SMILES string of the molecule is CNC1CCCN(CC(=O)Nc2cc(OC)cc(OC)c2)C1.Cl. The Balaban J connectivity index is 0.00000264. The summed E-state index contributed by atoms with van der Waals surface area (Å²) in [7, 11) is 5.15. The Morgan fingerprint density at radius 2 is 1.91 bits per heavy atom. The number of hydrogen-bond acceptors (Lipinski definition) is 5. The highest BCUT2D eigenvalue weighted by molar-refractivity contribution is 5.92. The summed E-state index contributed by atoms with van der Waals surface area (Å²) in [6, 6.07) is 5.82. The predicted molar refractivity (Wildman–Crippen MR) is 93.9 cm³/mol. The van der Waals surface area contributed by atoms with Crippen LogP contribution in [0.5, 0.6) is 11.5 Å². The van der Waals surface area contributed by atoms with Crippen molar-refractivity contribution in [3.63, 3.8) is 0 Å². The van der Waals surface area contributed by atoms with E-state index in [0.29, 0.717) is 29.8 Å². The zero-order chi connectivity index (χ0) is 15.9. The number of benzene rings is 1. The molecule has 1 heterocycles. The molecule has 6 nitrogen and oxygen atoms in total. The average Bonchev–Trinajstić information content (AvgIpc) is 2.54. The number of carbonyl (C=O) groups excluding carboxylic acids is 1. The van der Waals surface area contributed by atoms with E-state index in [-0.39, 0.29) is 18.3 Å². The van der Waals surface area contributed by atoms with Gasteiger partial charge in [0.05, 0.1) is 20.8 Å². The summed E-state index contributed by atoms with van der Waals surface area (Å²) in [5, 5.41) is 6.19. The van der Waals surface area contributed by atoms with Crippen molar-refractivity contribution >= 4 is 24.0 Å². The Hall–Kier alpha value is -1.50. The van der Waals surface area contributed by atoms with Crippen LogP contribution in [0, 0.1) is 0 Å². The van der Waals surface area contributed by atoms with Gasteiger partial charge in [0.1, 0.15) is 11.5 Å². The first kappa shape index (κ1) is 19.5. The van der Waals surface area contributed by atoms with Gasteiger partial charge in [-0.15, -0.1) is 12.4 Å². The number of carbonyl (C=O) groups is 1. The minimum absolute atomic E-state index is 0. The van der Waals surface area contributed by atoms with Gasteiger partial charge in [0.15, 0.2) is 0 Å². The Morgan fingerprint density at radius 3 is 2.48 bits per heavy atom. The van der Waals surface area contributed by atoms with E-state index in [1.54, 1.807) is 32.4 Å². The molecule has 1 aromatic rings. The molecule has 0 radical (unpaired) electrons. The number of methoxy groups -OCH3 is 2. The molecule has 0 aliphatic carbocycles. The maximum atomic E-state index is 12.2. The van der Waals surface area contributed by atoms with Gasteiger partial charge in [-0.05, 0) is 26.4 Å². The monoisotopic (exact) mass is 343 g/mol. The van der Waals surface area contributed by atoms with Crippen molar-refractivity contribution in [2.75, 3.05) is 46.2 Å². The quantitative estimate of drug-likeness (QED) is 0.824. The highest BCUT2D eigenvalue weighted by Crippen LogP contribution is 2.25. The lowest BCUT2D eigenvalue weighted by Gasteiger charge is -2.31. The Bertz CT molecular complexity index is 491. The van der Waals surface area contributed by atoms with Crippen molar-refractivity contribution in [2.24, 2.45) is 0 Å². The lowest BCUT2D eigenvalue weighted by Crippen LogP contribution is -2.46. The summed E-state index contributed by atoms with van der Waals surface area (Å²) in [5.74, 6) is 1.29. The molecule has 23 heavy (non-hydrogen) atoms. The number of likely N-dealkylation sites (N-methyl/N-ethyl adjacent to an activating group) is 1. The molecule has 0 spiro atoms. The molecule has 1 saturated heterocycles. The van der Waals surface area contributed by atoms with Gasteiger partial charge < -0.3 is 20.1 Å². The minimum Gasteiger partial charge on any atom is -0.497 e. The zero-order valence-electron chi connectivity index (χ0n) is 13.9. The fraction of sp³-hybridized carbons (Fsp3) is 0.562.